The maximum absolute atomic E-state index is 12.0. The number of amides is 2. The van der Waals surface area contributed by atoms with Crippen LogP contribution in [0.25, 0.3) is 0 Å². The smallest absolute Gasteiger partial charge is 0.276 e. The van der Waals surface area contributed by atoms with Crippen molar-refractivity contribution in [2.45, 2.75) is 0 Å². The largest absolute Gasteiger partial charge is 0.482 e. The fourth-order valence-corrected chi connectivity index (χ4v) is 2.53. The summed E-state index contributed by atoms with van der Waals surface area (Å²) in [4.78, 5) is 23.7. The van der Waals surface area contributed by atoms with Gasteiger partial charge in [-0.2, -0.15) is 0 Å². The van der Waals surface area contributed by atoms with E-state index in [1.807, 2.05) is 0 Å². The van der Waals surface area contributed by atoms with Crippen LogP contribution in [0.5, 0.6) is 5.75 Å². The zero-order valence-electron chi connectivity index (χ0n) is 13.0. The average Bonchev–Trinajstić information content (AvgIpc) is 2.59. The first-order chi connectivity index (χ1) is 12.3. The van der Waals surface area contributed by atoms with Gasteiger partial charge in [0, 0.05) is 15.6 Å². The molecule has 0 fully saturated rings. The molecule has 2 rings (SSSR count). The molecule has 10 heteroatoms. The van der Waals surface area contributed by atoms with Crippen molar-refractivity contribution in [1.82, 2.24) is 16.2 Å². The van der Waals surface area contributed by atoms with Crippen LogP contribution >= 0.6 is 47.0 Å². The van der Waals surface area contributed by atoms with E-state index in [-0.39, 0.29) is 16.7 Å². The number of nitrogens with one attached hydrogen (secondary N) is 3. The van der Waals surface area contributed by atoms with Crippen LogP contribution in [-0.2, 0) is 4.79 Å². The molecule has 26 heavy (non-hydrogen) atoms. The molecule has 2 aromatic carbocycles. The van der Waals surface area contributed by atoms with E-state index in [1.54, 1.807) is 30.3 Å². The van der Waals surface area contributed by atoms with E-state index in [4.69, 9.17) is 51.8 Å². The van der Waals surface area contributed by atoms with Crippen molar-refractivity contribution in [3.63, 3.8) is 0 Å². The van der Waals surface area contributed by atoms with E-state index in [2.05, 4.69) is 16.2 Å². The second-order valence-corrected chi connectivity index (χ2v) is 6.52. The van der Waals surface area contributed by atoms with Crippen LogP contribution in [0.15, 0.2) is 42.5 Å². The Morgan fingerprint density at radius 3 is 2.42 bits per heavy atom. The molecular formula is C16H12Cl3N3O3S. The Labute approximate surface area is 169 Å². The van der Waals surface area contributed by atoms with E-state index in [1.165, 1.54) is 12.1 Å². The van der Waals surface area contributed by atoms with E-state index >= 15 is 0 Å². The second kappa shape index (κ2) is 9.59. The number of hydrogen-bond donors (Lipinski definition) is 3. The lowest BCUT2D eigenvalue weighted by atomic mass is 10.2. The van der Waals surface area contributed by atoms with Crippen molar-refractivity contribution in [3.05, 3.63) is 63.1 Å². The molecule has 0 aliphatic heterocycles. The first kappa shape index (κ1) is 20.3. The molecule has 0 saturated heterocycles. The molecule has 0 bridgehead atoms. The summed E-state index contributed by atoms with van der Waals surface area (Å²) in [5.74, 6) is -0.693. The summed E-state index contributed by atoms with van der Waals surface area (Å²) in [7, 11) is 0. The summed E-state index contributed by atoms with van der Waals surface area (Å²) < 4.78 is 5.26. The Bertz CT molecular complexity index is 848. The normalized spacial score (nSPS) is 9.96. The molecule has 0 unspecified atom stereocenters. The van der Waals surface area contributed by atoms with Crippen molar-refractivity contribution < 1.29 is 14.3 Å². The molecule has 0 radical (unpaired) electrons. The molecule has 136 valence electrons. The highest BCUT2D eigenvalue weighted by atomic mass is 35.5. The van der Waals surface area contributed by atoms with E-state index in [9.17, 15) is 9.59 Å². The van der Waals surface area contributed by atoms with Gasteiger partial charge in [-0.3, -0.25) is 25.8 Å². The molecule has 0 heterocycles. The first-order valence-corrected chi connectivity index (χ1v) is 8.63. The molecule has 2 amide bonds. The SMILES string of the molecule is O=C(COc1ccc(Cl)cc1Cl)NNC(=S)NC(=O)c1cccc(Cl)c1. The summed E-state index contributed by atoms with van der Waals surface area (Å²) in [5.41, 5.74) is 5.00. The Balaban J connectivity index is 1.76. The summed E-state index contributed by atoms with van der Waals surface area (Å²) in [6.45, 7) is -0.320. The molecule has 2 aromatic rings. The number of benzene rings is 2. The Morgan fingerprint density at radius 2 is 1.73 bits per heavy atom. The first-order valence-electron chi connectivity index (χ1n) is 7.09. The summed E-state index contributed by atoms with van der Waals surface area (Å²) >= 11 is 22.4. The topological polar surface area (TPSA) is 79.5 Å². The molecule has 0 spiro atoms. The van der Waals surface area contributed by atoms with Crippen LogP contribution in [0.4, 0.5) is 0 Å². The Hall–Kier alpha value is -2.06. The predicted molar refractivity (Wildman–Crippen MR) is 105 cm³/mol. The number of rotatable bonds is 4. The summed E-state index contributed by atoms with van der Waals surface area (Å²) in [5, 5.41) is 3.46. The van der Waals surface area contributed by atoms with Gasteiger partial charge in [0.05, 0.1) is 5.02 Å². The number of ether oxygens (including phenoxy) is 1. The number of thiocarbonyl (C=S) groups is 1. The fraction of sp³-hybridized carbons (Fsp3) is 0.0625. The molecular weight excluding hydrogens is 421 g/mol. The van der Waals surface area contributed by atoms with E-state index in [0.717, 1.165) is 0 Å². The van der Waals surface area contributed by atoms with Gasteiger partial charge in [-0.1, -0.05) is 40.9 Å². The number of carbonyl (C=O) groups excluding carboxylic acids is 2. The lowest BCUT2D eigenvalue weighted by molar-refractivity contribution is -0.123. The lowest BCUT2D eigenvalue weighted by Crippen LogP contribution is -2.49. The predicted octanol–water partition coefficient (Wildman–Crippen LogP) is 3.36. The van der Waals surface area contributed by atoms with Gasteiger partial charge in [-0.15, -0.1) is 0 Å². The monoisotopic (exact) mass is 431 g/mol. The zero-order chi connectivity index (χ0) is 19.1. The minimum Gasteiger partial charge on any atom is -0.482 e. The van der Waals surface area contributed by atoms with Gasteiger partial charge in [0.15, 0.2) is 11.7 Å². The number of hydrogen-bond acceptors (Lipinski definition) is 4. The number of carbonyl (C=O) groups is 2. The van der Waals surface area contributed by atoms with Crippen molar-refractivity contribution in [1.29, 1.82) is 0 Å². The minimum absolute atomic E-state index is 0.0900. The van der Waals surface area contributed by atoms with Crippen LogP contribution in [0.2, 0.25) is 15.1 Å². The zero-order valence-corrected chi connectivity index (χ0v) is 16.1. The van der Waals surface area contributed by atoms with Gasteiger partial charge in [0.2, 0.25) is 0 Å². The highest BCUT2D eigenvalue weighted by Crippen LogP contribution is 2.27. The van der Waals surface area contributed by atoms with Gasteiger partial charge in [0.25, 0.3) is 11.8 Å². The molecule has 6 nitrogen and oxygen atoms in total. The Kier molecular flexibility index (Phi) is 7.47. The van der Waals surface area contributed by atoms with Crippen LogP contribution in [0.3, 0.4) is 0 Å². The van der Waals surface area contributed by atoms with Crippen molar-refractivity contribution in [3.8, 4) is 5.75 Å². The molecule has 0 aromatic heterocycles. The van der Waals surface area contributed by atoms with Gasteiger partial charge >= 0.3 is 0 Å². The fourth-order valence-electron chi connectivity index (χ4n) is 1.73. The third-order valence-electron chi connectivity index (χ3n) is 2.88. The van der Waals surface area contributed by atoms with E-state index in [0.29, 0.717) is 21.4 Å². The highest BCUT2D eigenvalue weighted by Gasteiger charge is 2.10. The number of hydrazine groups is 1. The van der Waals surface area contributed by atoms with Gasteiger partial charge in [-0.25, -0.2) is 0 Å². The van der Waals surface area contributed by atoms with Gasteiger partial charge in [0.1, 0.15) is 5.75 Å². The molecule has 0 atom stereocenters. The molecule has 0 aliphatic rings. The van der Waals surface area contributed by atoms with Crippen LogP contribution in [0.1, 0.15) is 10.4 Å². The van der Waals surface area contributed by atoms with Crippen LogP contribution in [0, 0.1) is 0 Å². The lowest BCUT2D eigenvalue weighted by Gasteiger charge is -2.12. The van der Waals surface area contributed by atoms with Crippen molar-refractivity contribution in [2.75, 3.05) is 6.61 Å². The van der Waals surface area contributed by atoms with Crippen molar-refractivity contribution in [2.24, 2.45) is 0 Å². The summed E-state index contributed by atoms with van der Waals surface area (Å²) in [6.07, 6.45) is 0. The standard InChI is InChI=1S/C16H12Cl3N3O3S/c17-10-3-1-2-9(6-10)15(24)20-16(26)22-21-14(23)8-25-13-5-4-11(18)7-12(13)19/h1-7H,8H2,(H,21,23)(H2,20,22,24,26). The number of halogens is 3. The summed E-state index contributed by atoms with van der Waals surface area (Å²) in [6, 6.07) is 11.0. The van der Waals surface area contributed by atoms with Crippen LogP contribution in [-0.4, -0.2) is 23.5 Å². The Morgan fingerprint density at radius 1 is 1.00 bits per heavy atom. The molecule has 0 aliphatic carbocycles. The average molecular weight is 433 g/mol. The third-order valence-corrected chi connectivity index (χ3v) is 3.85. The quantitative estimate of drug-likeness (QED) is 0.510. The van der Waals surface area contributed by atoms with Crippen LogP contribution < -0.4 is 20.9 Å². The molecule has 3 N–H and O–H groups in total. The second-order valence-electron chi connectivity index (χ2n) is 4.83. The van der Waals surface area contributed by atoms with E-state index < -0.39 is 11.8 Å². The highest BCUT2D eigenvalue weighted by molar-refractivity contribution is 7.80. The molecule has 0 saturated carbocycles. The minimum atomic E-state index is -0.532. The van der Waals surface area contributed by atoms with Gasteiger partial charge < -0.3 is 4.74 Å². The maximum Gasteiger partial charge on any atom is 0.276 e. The van der Waals surface area contributed by atoms with Gasteiger partial charge in [-0.05, 0) is 48.6 Å². The van der Waals surface area contributed by atoms with Crippen molar-refractivity contribution >= 4 is 63.9 Å². The maximum atomic E-state index is 12.0. The third kappa shape index (κ3) is 6.34.